The van der Waals surface area contributed by atoms with E-state index in [9.17, 15) is 4.39 Å². The molecule has 2 nitrogen and oxygen atoms in total. The molecular formula is C17H17ClFNO. The summed E-state index contributed by atoms with van der Waals surface area (Å²) in [5.74, 6) is 0.462. The highest BCUT2D eigenvalue weighted by Crippen LogP contribution is 2.30. The molecule has 0 heterocycles. The minimum absolute atomic E-state index is 0.0977. The van der Waals surface area contributed by atoms with Crippen LogP contribution >= 0.6 is 11.6 Å². The first-order chi connectivity index (χ1) is 10.2. The van der Waals surface area contributed by atoms with E-state index < -0.39 is 5.82 Å². The minimum atomic E-state index is -0.403. The first-order valence-electron chi connectivity index (χ1n) is 7.06. The maximum Gasteiger partial charge on any atom is 0.142 e. The second-order valence-electron chi connectivity index (χ2n) is 5.28. The Labute approximate surface area is 128 Å². The average molecular weight is 306 g/mol. The molecule has 0 saturated heterocycles. The van der Waals surface area contributed by atoms with E-state index in [0.717, 1.165) is 29.7 Å². The molecule has 1 atom stereocenters. The van der Waals surface area contributed by atoms with Gasteiger partial charge in [0, 0.05) is 0 Å². The van der Waals surface area contributed by atoms with Gasteiger partial charge < -0.3 is 10.1 Å². The molecule has 0 spiro atoms. The Bertz CT molecular complexity index is 642. The highest BCUT2D eigenvalue weighted by molar-refractivity contribution is 6.30. The van der Waals surface area contributed by atoms with Gasteiger partial charge in [-0.2, -0.15) is 0 Å². The van der Waals surface area contributed by atoms with Gasteiger partial charge in [-0.1, -0.05) is 29.8 Å². The molecule has 1 fully saturated rings. The topological polar surface area (TPSA) is 21.3 Å². The van der Waals surface area contributed by atoms with Gasteiger partial charge in [0.25, 0.3) is 0 Å². The lowest BCUT2D eigenvalue weighted by atomic mass is 9.98. The van der Waals surface area contributed by atoms with Crippen molar-refractivity contribution in [3.05, 3.63) is 64.4 Å². The van der Waals surface area contributed by atoms with Crippen molar-refractivity contribution < 1.29 is 9.13 Å². The standard InChI is InChI=1S/C17H17ClFNO/c1-20-17(12-5-8-15(18)16(19)10-12)11-3-2-4-14(9-11)21-13-6-7-13/h2-5,8-10,13,17,20H,6-7H2,1H3. The van der Waals surface area contributed by atoms with Gasteiger partial charge in [0.15, 0.2) is 0 Å². The maximum atomic E-state index is 13.7. The van der Waals surface area contributed by atoms with Gasteiger partial charge in [0.2, 0.25) is 0 Å². The van der Waals surface area contributed by atoms with Gasteiger partial charge in [0.05, 0.1) is 17.2 Å². The zero-order valence-electron chi connectivity index (χ0n) is 11.8. The summed E-state index contributed by atoms with van der Waals surface area (Å²) in [7, 11) is 1.85. The Morgan fingerprint density at radius 2 is 1.95 bits per heavy atom. The molecule has 0 bridgehead atoms. The van der Waals surface area contributed by atoms with E-state index in [1.165, 1.54) is 6.07 Å². The summed E-state index contributed by atoms with van der Waals surface area (Å²) in [6.07, 6.45) is 2.62. The number of hydrogen-bond acceptors (Lipinski definition) is 2. The van der Waals surface area contributed by atoms with Crippen molar-refractivity contribution in [2.45, 2.75) is 25.0 Å². The maximum absolute atomic E-state index is 13.7. The molecule has 2 aromatic rings. The third kappa shape index (κ3) is 3.36. The van der Waals surface area contributed by atoms with Crippen LogP contribution in [0.2, 0.25) is 5.02 Å². The van der Waals surface area contributed by atoms with Gasteiger partial charge in [-0.25, -0.2) is 4.39 Å². The summed E-state index contributed by atoms with van der Waals surface area (Å²) < 4.78 is 19.5. The molecular weight excluding hydrogens is 289 g/mol. The number of hydrogen-bond donors (Lipinski definition) is 1. The Kier molecular flexibility index (Phi) is 4.13. The Morgan fingerprint density at radius 3 is 2.62 bits per heavy atom. The lowest BCUT2D eigenvalue weighted by Gasteiger charge is -2.18. The summed E-state index contributed by atoms with van der Waals surface area (Å²) in [6, 6.07) is 12.7. The van der Waals surface area contributed by atoms with Crippen LogP contribution in [0.3, 0.4) is 0 Å². The van der Waals surface area contributed by atoms with Crippen molar-refractivity contribution in [2.75, 3.05) is 7.05 Å². The van der Waals surface area contributed by atoms with Crippen LogP contribution in [0.4, 0.5) is 4.39 Å². The lowest BCUT2D eigenvalue weighted by Crippen LogP contribution is -2.18. The normalized spacial score (nSPS) is 15.8. The Balaban J connectivity index is 1.89. The van der Waals surface area contributed by atoms with Crippen molar-refractivity contribution in [2.24, 2.45) is 0 Å². The fourth-order valence-electron chi connectivity index (χ4n) is 2.36. The molecule has 1 aliphatic rings. The second-order valence-corrected chi connectivity index (χ2v) is 5.69. The Morgan fingerprint density at radius 1 is 1.19 bits per heavy atom. The van der Waals surface area contributed by atoms with Crippen molar-refractivity contribution in [1.82, 2.24) is 5.32 Å². The molecule has 21 heavy (non-hydrogen) atoms. The number of halogens is 2. The van der Waals surface area contributed by atoms with E-state index in [1.807, 2.05) is 37.4 Å². The van der Waals surface area contributed by atoms with Gasteiger partial charge >= 0.3 is 0 Å². The lowest BCUT2D eigenvalue weighted by molar-refractivity contribution is 0.302. The number of benzene rings is 2. The van der Waals surface area contributed by atoms with E-state index in [4.69, 9.17) is 16.3 Å². The highest BCUT2D eigenvalue weighted by Gasteiger charge is 2.24. The number of nitrogens with one attached hydrogen (secondary N) is 1. The summed E-state index contributed by atoms with van der Waals surface area (Å²) in [4.78, 5) is 0. The molecule has 1 N–H and O–H groups in total. The second kappa shape index (κ2) is 6.04. The predicted molar refractivity (Wildman–Crippen MR) is 82.4 cm³/mol. The van der Waals surface area contributed by atoms with Crippen molar-refractivity contribution in [3.63, 3.8) is 0 Å². The number of ether oxygens (including phenoxy) is 1. The van der Waals surface area contributed by atoms with Crippen molar-refractivity contribution in [1.29, 1.82) is 0 Å². The SMILES string of the molecule is CNC(c1cccc(OC2CC2)c1)c1ccc(Cl)c(F)c1. The Hall–Kier alpha value is -1.58. The first-order valence-corrected chi connectivity index (χ1v) is 7.44. The van der Waals surface area contributed by atoms with Crippen LogP contribution in [0.5, 0.6) is 5.75 Å². The molecule has 4 heteroatoms. The molecule has 1 unspecified atom stereocenters. The third-order valence-electron chi connectivity index (χ3n) is 3.58. The van der Waals surface area contributed by atoms with Crippen LogP contribution in [-0.2, 0) is 0 Å². The van der Waals surface area contributed by atoms with Gasteiger partial charge in [-0.3, -0.25) is 0 Å². The molecule has 0 aliphatic heterocycles. The quantitative estimate of drug-likeness (QED) is 0.888. The fourth-order valence-corrected chi connectivity index (χ4v) is 2.48. The van der Waals surface area contributed by atoms with Crippen molar-refractivity contribution >= 4 is 11.6 Å². The van der Waals surface area contributed by atoms with Crippen LogP contribution in [0.1, 0.15) is 30.0 Å². The summed E-state index contributed by atoms with van der Waals surface area (Å²) in [5.41, 5.74) is 1.88. The van der Waals surface area contributed by atoms with Gasteiger partial charge in [-0.05, 0) is 55.3 Å². The summed E-state index contributed by atoms with van der Waals surface area (Å²) >= 11 is 5.75. The monoisotopic (exact) mass is 305 g/mol. The fraction of sp³-hybridized carbons (Fsp3) is 0.294. The summed E-state index contributed by atoms with van der Waals surface area (Å²) in [5, 5.41) is 3.35. The molecule has 1 aliphatic carbocycles. The molecule has 110 valence electrons. The van der Waals surface area contributed by atoms with E-state index in [0.29, 0.717) is 6.10 Å². The molecule has 1 saturated carbocycles. The van der Waals surface area contributed by atoms with E-state index in [1.54, 1.807) is 6.07 Å². The van der Waals surface area contributed by atoms with E-state index in [-0.39, 0.29) is 11.1 Å². The molecule has 0 aromatic heterocycles. The van der Waals surface area contributed by atoms with E-state index in [2.05, 4.69) is 5.32 Å². The largest absolute Gasteiger partial charge is 0.490 e. The first kappa shape index (κ1) is 14.4. The molecule has 3 rings (SSSR count). The minimum Gasteiger partial charge on any atom is -0.490 e. The van der Waals surface area contributed by atoms with Gasteiger partial charge in [-0.15, -0.1) is 0 Å². The predicted octanol–water partition coefficient (Wildman–Crippen LogP) is 4.33. The summed E-state index contributed by atoms with van der Waals surface area (Å²) in [6.45, 7) is 0. The molecule has 0 radical (unpaired) electrons. The highest BCUT2D eigenvalue weighted by atomic mass is 35.5. The van der Waals surface area contributed by atoms with Crippen LogP contribution in [0.15, 0.2) is 42.5 Å². The van der Waals surface area contributed by atoms with E-state index >= 15 is 0 Å². The smallest absolute Gasteiger partial charge is 0.142 e. The molecule has 0 amide bonds. The van der Waals surface area contributed by atoms with Gasteiger partial charge in [0.1, 0.15) is 11.6 Å². The number of rotatable bonds is 5. The van der Waals surface area contributed by atoms with Crippen molar-refractivity contribution in [3.8, 4) is 5.75 Å². The zero-order chi connectivity index (χ0) is 14.8. The van der Waals surface area contributed by atoms with Crippen LogP contribution < -0.4 is 10.1 Å². The van der Waals surface area contributed by atoms with Crippen LogP contribution in [0.25, 0.3) is 0 Å². The molecule has 2 aromatic carbocycles. The third-order valence-corrected chi connectivity index (χ3v) is 3.89. The van der Waals surface area contributed by atoms with Crippen LogP contribution in [-0.4, -0.2) is 13.2 Å². The average Bonchev–Trinajstić information content (AvgIpc) is 3.28. The van der Waals surface area contributed by atoms with Crippen LogP contribution in [0, 0.1) is 5.82 Å². The zero-order valence-corrected chi connectivity index (χ0v) is 12.5.